The summed E-state index contributed by atoms with van der Waals surface area (Å²) in [6.45, 7) is 15.5. The first-order valence-corrected chi connectivity index (χ1v) is 24.2. The Balaban J connectivity index is 1.68. The number of nitrogens with zero attached hydrogens (tertiary/aromatic N) is 1. The van der Waals surface area contributed by atoms with Crippen LogP contribution < -0.4 is 0 Å². The van der Waals surface area contributed by atoms with Gasteiger partial charge in [-0.15, -0.1) is 0 Å². The zero-order valence-corrected chi connectivity index (χ0v) is 40.4. The van der Waals surface area contributed by atoms with E-state index < -0.39 is 84.1 Å². The predicted octanol–water partition coefficient (Wildman–Crippen LogP) is 6.39. The fraction of sp³-hybridized carbons (Fsp3) is 0.784. The van der Waals surface area contributed by atoms with Crippen molar-refractivity contribution in [1.82, 2.24) is 4.90 Å². The summed E-state index contributed by atoms with van der Waals surface area (Å²) < 4.78 is 23.8. The number of Topliss-reactive ketones (excluding diaryl/α,β-unsaturated/α-hetero) is 1. The topological polar surface area (TPSA) is 193 Å². The first-order chi connectivity index (χ1) is 30.2. The first-order valence-electron chi connectivity index (χ1n) is 24.2. The number of aliphatic hydroxyl groups excluding tert-OH is 4. The van der Waals surface area contributed by atoms with Crippen molar-refractivity contribution < 1.29 is 58.9 Å². The summed E-state index contributed by atoms with van der Waals surface area (Å²) in [5, 5.41) is 57.1. The summed E-state index contributed by atoms with van der Waals surface area (Å²) in [5.41, 5.74) is 1.60. The Labute approximate surface area is 383 Å². The molecule has 0 spiro atoms. The van der Waals surface area contributed by atoms with Gasteiger partial charge in [0.2, 0.25) is 5.79 Å². The van der Waals surface area contributed by atoms with Crippen LogP contribution in [0.2, 0.25) is 0 Å². The van der Waals surface area contributed by atoms with Crippen LogP contribution in [0.5, 0.6) is 0 Å². The second-order valence-corrected chi connectivity index (χ2v) is 20.2. The maximum atomic E-state index is 14.4. The number of fused-ring (bicyclic) bond motifs is 3. The molecule has 5 N–H and O–H groups in total. The Morgan fingerprint density at radius 3 is 2.23 bits per heavy atom. The van der Waals surface area contributed by atoms with E-state index in [2.05, 4.69) is 19.9 Å². The highest BCUT2D eigenvalue weighted by Gasteiger charge is 2.53. The lowest BCUT2D eigenvalue weighted by Gasteiger charge is -2.42. The van der Waals surface area contributed by atoms with Crippen LogP contribution in [0.3, 0.4) is 0 Å². The molecule has 0 aromatic rings. The van der Waals surface area contributed by atoms with Gasteiger partial charge in [-0.3, -0.25) is 9.59 Å². The molecule has 0 radical (unpaired) electrons. The number of methoxy groups -OCH3 is 2. The van der Waals surface area contributed by atoms with E-state index in [-0.39, 0.29) is 55.1 Å². The second-order valence-electron chi connectivity index (χ2n) is 20.2. The van der Waals surface area contributed by atoms with Crippen molar-refractivity contribution in [2.75, 3.05) is 20.8 Å². The summed E-state index contributed by atoms with van der Waals surface area (Å²) in [6.07, 6.45) is 11.9. The number of carbonyl (C=O) groups excluding carboxylic acids is 3. The van der Waals surface area contributed by atoms with Crippen LogP contribution in [-0.4, -0.2) is 130 Å². The number of aliphatic hydroxyl groups is 5. The van der Waals surface area contributed by atoms with Crippen molar-refractivity contribution >= 4 is 17.7 Å². The maximum absolute atomic E-state index is 14.4. The molecule has 3 aliphatic heterocycles. The van der Waals surface area contributed by atoms with Crippen LogP contribution in [0, 0.1) is 41.4 Å². The SMILES string of the molecule is CO[C@H]1[C@@H](O)[C@H](C)C[C@H](C)/C=C/C=C/C=C(\C)[C@@H](C)CC2CC[C@@H](C)[C@@](O)(O2)C(=O)C(=O)N2CCCCC2C(=O)O[C@H]([C@H](C)C[C@@H]2CC[C@@H](O)[C@H](OC)C2)C[C@H](O)[C@H](C)/C=C(\C)[C@@H]1O. The van der Waals surface area contributed by atoms with E-state index in [9.17, 15) is 39.9 Å². The van der Waals surface area contributed by atoms with Gasteiger partial charge in [-0.2, -0.15) is 0 Å². The lowest BCUT2D eigenvalue weighted by Crippen LogP contribution is -2.60. The van der Waals surface area contributed by atoms with Crippen molar-refractivity contribution in [3.63, 3.8) is 0 Å². The number of piperidine rings is 1. The van der Waals surface area contributed by atoms with Crippen LogP contribution >= 0.6 is 0 Å². The molecule has 1 amide bonds. The van der Waals surface area contributed by atoms with Crippen LogP contribution in [0.15, 0.2) is 47.6 Å². The van der Waals surface area contributed by atoms with Gasteiger partial charge in [0.15, 0.2) is 0 Å². The molecular weight excluding hydrogens is 819 g/mol. The van der Waals surface area contributed by atoms with Crippen molar-refractivity contribution in [1.29, 1.82) is 0 Å². The zero-order chi connectivity index (χ0) is 47.5. The van der Waals surface area contributed by atoms with E-state index in [1.807, 2.05) is 52.0 Å². The number of allylic oxidation sites excluding steroid dienone is 6. The van der Waals surface area contributed by atoms with Gasteiger partial charge >= 0.3 is 5.97 Å². The first kappa shape index (κ1) is 53.9. The highest BCUT2D eigenvalue weighted by atomic mass is 16.6. The van der Waals surface area contributed by atoms with Gasteiger partial charge in [-0.25, -0.2) is 4.79 Å². The van der Waals surface area contributed by atoms with E-state index in [4.69, 9.17) is 18.9 Å². The number of rotatable bonds is 5. The number of hydrogen-bond donors (Lipinski definition) is 5. The Morgan fingerprint density at radius 1 is 0.828 bits per heavy atom. The minimum atomic E-state index is -2.35. The molecule has 64 heavy (non-hydrogen) atoms. The molecule has 2 unspecified atom stereocenters. The third-order valence-electron chi connectivity index (χ3n) is 15.0. The normalized spacial score (nSPS) is 43.1. The summed E-state index contributed by atoms with van der Waals surface area (Å²) in [7, 11) is 3.05. The van der Waals surface area contributed by atoms with E-state index >= 15 is 0 Å². The lowest BCUT2D eigenvalue weighted by atomic mass is 9.78. The summed E-state index contributed by atoms with van der Waals surface area (Å²) in [4.78, 5) is 44.0. The minimum Gasteiger partial charge on any atom is -0.460 e. The van der Waals surface area contributed by atoms with E-state index in [1.165, 1.54) is 12.0 Å². The average molecular weight is 902 g/mol. The van der Waals surface area contributed by atoms with Gasteiger partial charge in [0.05, 0.1) is 30.5 Å². The minimum absolute atomic E-state index is 0.0458. The van der Waals surface area contributed by atoms with Crippen LogP contribution in [0.25, 0.3) is 0 Å². The molecule has 2 saturated heterocycles. The quantitative estimate of drug-likeness (QED) is 0.116. The van der Waals surface area contributed by atoms with Crippen molar-refractivity contribution in [3.8, 4) is 0 Å². The van der Waals surface area contributed by atoms with E-state index in [1.54, 1.807) is 27.0 Å². The molecule has 0 aromatic carbocycles. The second kappa shape index (κ2) is 24.9. The number of hydrogen-bond acceptors (Lipinski definition) is 12. The maximum Gasteiger partial charge on any atom is 0.329 e. The summed E-state index contributed by atoms with van der Waals surface area (Å²) in [5.74, 6) is -6.40. The summed E-state index contributed by atoms with van der Waals surface area (Å²) in [6, 6.07) is -1.08. The number of esters is 1. The van der Waals surface area contributed by atoms with Crippen LogP contribution in [0.1, 0.15) is 132 Å². The highest BCUT2D eigenvalue weighted by molar-refractivity contribution is 6.39. The van der Waals surface area contributed by atoms with Gasteiger partial charge in [-0.1, -0.05) is 83.6 Å². The fourth-order valence-corrected chi connectivity index (χ4v) is 10.4. The van der Waals surface area contributed by atoms with Gasteiger partial charge < -0.3 is 49.4 Å². The standard InChI is InChI=1S/C51H83NO12/c1-30-16-12-11-13-17-31(2)32(3)27-39-21-19-37(8)51(60,64-39)48(57)49(58)52-23-15-14-18-40(52)50(59)63-43(34(5)26-38-20-22-41(53)44(28-38)61-9)29-42(54)33(4)25-36(7)46(56)47(62-10)45(55)35(6)24-30/h11-13,16-17,25,30,32-35,37-47,53-56,60H,14-15,18-24,26-29H2,1-10H3/b13-11+,16-12+,31-17+,36-25+/t30-,32+,33-,34-,35-,37-,38+,39?,40?,41-,42+,43+,44-,45+,46+,47+,51-/m1/s1. The average Bonchev–Trinajstić information content (AvgIpc) is 3.26. The Kier molecular flexibility index (Phi) is 20.9. The van der Waals surface area contributed by atoms with Crippen LogP contribution in [-0.2, 0) is 33.3 Å². The van der Waals surface area contributed by atoms with Crippen molar-refractivity contribution in [2.45, 2.75) is 193 Å². The van der Waals surface area contributed by atoms with E-state index in [0.717, 1.165) is 12.0 Å². The van der Waals surface area contributed by atoms with Crippen molar-refractivity contribution in [2.24, 2.45) is 41.4 Å². The molecule has 13 nitrogen and oxygen atoms in total. The van der Waals surface area contributed by atoms with Gasteiger partial charge in [-0.05, 0) is 120 Å². The van der Waals surface area contributed by atoms with Crippen molar-refractivity contribution in [3.05, 3.63) is 47.6 Å². The third-order valence-corrected chi connectivity index (χ3v) is 15.0. The Bertz CT molecular complexity index is 1640. The molecule has 3 heterocycles. The lowest BCUT2D eigenvalue weighted by molar-refractivity contribution is -0.264. The molecule has 17 atom stereocenters. The Morgan fingerprint density at radius 2 is 1.55 bits per heavy atom. The number of cyclic esters (lactones) is 1. The summed E-state index contributed by atoms with van der Waals surface area (Å²) >= 11 is 0. The largest absolute Gasteiger partial charge is 0.460 e. The number of carbonyl (C=O) groups is 3. The molecule has 4 aliphatic rings. The number of ether oxygens (including phenoxy) is 4. The molecular formula is C51H83NO12. The van der Waals surface area contributed by atoms with Gasteiger partial charge in [0.25, 0.3) is 11.7 Å². The fourth-order valence-electron chi connectivity index (χ4n) is 10.4. The molecule has 364 valence electrons. The monoisotopic (exact) mass is 902 g/mol. The van der Waals surface area contributed by atoms with E-state index in [0.29, 0.717) is 63.4 Å². The highest BCUT2D eigenvalue weighted by Crippen LogP contribution is 2.38. The molecule has 3 fully saturated rings. The Hall–Kier alpha value is -2.75. The van der Waals surface area contributed by atoms with Gasteiger partial charge in [0.1, 0.15) is 24.4 Å². The molecule has 2 bridgehead atoms. The smallest absolute Gasteiger partial charge is 0.329 e. The molecule has 4 rings (SSSR count). The number of ketones is 1. The molecule has 13 heteroatoms. The number of amides is 1. The third kappa shape index (κ3) is 14.1. The van der Waals surface area contributed by atoms with Gasteiger partial charge in [0, 0.05) is 39.0 Å². The molecule has 0 aromatic heterocycles. The molecule has 1 aliphatic carbocycles. The van der Waals surface area contributed by atoms with Crippen LogP contribution in [0.4, 0.5) is 0 Å². The molecule has 1 saturated carbocycles. The predicted molar refractivity (Wildman–Crippen MR) is 246 cm³/mol. The zero-order valence-electron chi connectivity index (χ0n) is 40.4.